The second-order valence-corrected chi connectivity index (χ2v) is 6.47. The first-order valence-electron chi connectivity index (χ1n) is 5.88. The molecule has 2 rings (SSSR count). The van der Waals surface area contributed by atoms with Gasteiger partial charge in [-0.3, -0.25) is 0 Å². The van der Waals surface area contributed by atoms with Gasteiger partial charge in [0.05, 0.1) is 11.0 Å². The number of benzene rings is 1. The topological polar surface area (TPSA) is 83.6 Å². The Morgan fingerprint density at radius 2 is 1.89 bits per heavy atom. The van der Waals surface area contributed by atoms with E-state index in [2.05, 4.69) is 4.90 Å². The van der Waals surface area contributed by atoms with E-state index in [1.54, 1.807) is 12.1 Å². The van der Waals surface area contributed by atoms with Gasteiger partial charge in [-0.2, -0.15) is 0 Å². The van der Waals surface area contributed by atoms with E-state index in [4.69, 9.17) is 5.14 Å². The molecule has 100 valence electrons. The third-order valence-electron chi connectivity index (χ3n) is 3.35. The fourth-order valence-corrected chi connectivity index (χ4v) is 2.75. The summed E-state index contributed by atoms with van der Waals surface area (Å²) in [5, 5.41) is 14.3. The fraction of sp³-hybridized carbons (Fsp3) is 0.500. The number of anilines is 1. The van der Waals surface area contributed by atoms with Crippen LogP contribution in [0.1, 0.15) is 12.8 Å². The molecule has 0 bridgehead atoms. The maximum atomic E-state index is 11.1. The van der Waals surface area contributed by atoms with Crippen molar-refractivity contribution in [3.63, 3.8) is 0 Å². The fourth-order valence-electron chi connectivity index (χ4n) is 2.23. The van der Waals surface area contributed by atoms with Gasteiger partial charge in [-0.1, -0.05) is 0 Å². The quantitative estimate of drug-likeness (QED) is 0.836. The molecule has 18 heavy (non-hydrogen) atoms. The molecule has 0 unspecified atom stereocenters. The van der Waals surface area contributed by atoms with Gasteiger partial charge in [0.1, 0.15) is 0 Å². The lowest BCUT2D eigenvalue weighted by Gasteiger charge is -2.35. The lowest BCUT2D eigenvalue weighted by Crippen LogP contribution is -2.37. The Balaban J connectivity index is 2.01. The summed E-state index contributed by atoms with van der Waals surface area (Å²) in [6.45, 7) is 0.867. The normalized spacial score (nSPS) is 23.5. The van der Waals surface area contributed by atoms with E-state index in [-0.39, 0.29) is 11.0 Å². The molecule has 5 nitrogen and oxygen atoms in total. The largest absolute Gasteiger partial charge is 0.393 e. The minimum atomic E-state index is -3.62. The van der Waals surface area contributed by atoms with Crippen LogP contribution in [0.2, 0.25) is 0 Å². The number of hydrogen-bond donors (Lipinski definition) is 2. The van der Waals surface area contributed by atoms with Crippen LogP contribution in [0.5, 0.6) is 0 Å². The summed E-state index contributed by atoms with van der Waals surface area (Å²) in [4.78, 5) is 2.18. The molecule has 3 N–H and O–H groups in total. The van der Waals surface area contributed by atoms with Gasteiger partial charge in [0.25, 0.3) is 0 Å². The standard InChI is InChI=1S/C12H18N2O3S/c1-14(8-9-6-11(15)7-9)10-2-4-12(5-3-10)18(13,16)17/h2-5,9,11,15H,6-8H2,1H3,(H2,13,16,17). The molecule has 1 saturated carbocycles. The number of hydrogen-bond acceptors (Lipinski definition) is 4. The van der Waals surface area contributed by atoms with Gasteiger partial charge in [-0.25, -0.2) is 13.6 Å². The van der Waals surface area contributed by atoms with Gasteiger partial charge in [0, 0.05) is 19.3 Å². The highest BCUT2D eigenvalue weighted by molar-refractivity contribution is 7.89. The van der Waals surface area contributed by atoms with Crippen LogP contribution in [-0.4, -0.2) is 33.2 Å². The van der Waals surface area contributed by atoms with Crippen LogP contribution in [0.15, 0.2) is 29.2 Å². The zero-order chi connectivity index (χ0) is 13.3. The Labute approximate surface area is 107 Å². The number of aliphatic hydroxyl groups excluding tert-OH is 1. The van der Waals surface area contributed by atoms with Crippen molar-refractivity contribution in [2.24, 2.45) is 11.1 Å². The molecule has 1 aliphatic rings. The van der Waals surface area contributed by atoms with Crippen LogP contribution in [0, 0.1) is 5.92 Å². The Hall–Kier alpha value is -1.11. The zero-order valence-corrected chi connectivity index (χ0v) is 11.1. The minimum absolute atomic E-state index is 0.124. The average Bonchev–Trinajstić information content (AvgIpc) is 2.26. The predicted molar refractivity (Wildman–Crippen MR) is 69.8 cm³/mol. The summed E-state index contributed by atoms with van der Waals surface area (Å²) in [5.41, 5.74) is 0.948. The second-order valence-electron chi connectivity index (χ2n) is 4.91. The highest BCUT2D eigenvalue weighted by Gasteiger charge is 2.28. The van der Waals surface area contributed by atoms with E-state index in [9.17, 15) is 13.5 Å². The van der Waals surface area contributed by atoms with Crippen LogP contribution in [0.3, 0.4) is 0 Å². The molecule has 1 aromatic rings. The van der Waals surface area contributed by atoms with E-state index in [1.807, 2.05) is 7.05 Å². The van der Waals surface area contributed by atoms with E-state index in [0.717, 1.165) is 25.1 Å². The Bertz CT molecular complexity index is 507. The van der Waals surface area contributed by atoms with Gasteiger partial charge in [0.15, 0.2) is 0 Å². The maximum Gasteiger partial charge on any atom is 0.238 e. The third-order valence-corrected chi connectivity index (χ3v) is 4.28. The van der Waals surface area contributed by atoms with Crippen molar-refractivity contribution >= 4 is 15.7 Å². The number of aliphatic hydroxyl groups is 1. The Kier molecular flexibility index (Phi) is 3.61. The van der Waals surface area contributed by atoms with E-state index < -0.39 is 10.0 Å². The van der Waals surface area contributed by atoms with Crippen molar-refractivity contribution in [2.75, 3.05) is 18.5 Å². The van der Waals surface area contributed by atoms with Crippen molar-refractivity contribution in [1.82, 2.24) is 0 Å². The minimum Gasteiger partial charge on any atom is -0.393 e. The molecule has 0 radical (unpaired) electrons. The molecule has 0 atom stereocenters. The monoisotopic (exact) mass is 270 g/mol. The second kappa shape index (κ2) is 4.87. The summed E-state index contributed by atoms with van der Waals surface area (Å²) in [6, 6.07) is 6.51. The molecule has 1 fully saturated rings. The number of sulfonamides is 1. The predicted octanol–water partition coefficient (Wildman–Crippen LogP) is 0.541. The van der Waals surface area contributed by atoms with Crippen molar-refractivity contribution in [3.8, 4) is 0 Å². The number of primary sulfonamides is 1. The lowest BCUT2D eigenvalue weighted by atomic mass is 9.82. The molecule has 6 heteroatoms. The van der Waals surface area contributed by atoms with Crippen LogP contribution in [-0.2, 0) is 10.0 Å². The van der Waals surface area contributed by atoms with Gasteiger partial charge in [-0.15, -0.1) is 0 Å². The molecular formula is C12H18N2O3S. The van der Waals surface area contributed by atoms with Gasteiger partial charge in [0.2, 0.25) is 10.0 Å². The molecule has 1 aliphatic carbocycles. The maximum absolute atomic E-state index is 11.1. The van der Waals surface area contributed by atoms with Gasteiger partial charge in [-0.05, 0) is 43.0 Å². The molecule has 0 aromatic heterocycles. The van der Waals surface area contributed by atoms with Crippen molar-refractivity contribution in [1.29, 1.82) is 0 Å². The van der Waals surface area contributed by atoms with Crippen molar-refractivity contribution in [2.45, 2.75) is 23.8 Å². The van der Waals surface area contributed by atoms with Gasteiger partial charge < -0.3 is 10.0 Å². The Morgan fingerprint density at radius 1 is 1.33 bits per heavy atom. The van der Waals surface area contributed by atoms with Crippen LogP contribution < -0.4 is 10.0 Å². The van der Waals surface area contributed by atoms with Crippen LogP contribution in [0.25, 0.3) is 0 Å². The smallest absolute Gasteiger partial charge is 0.238 e. The molecule has 0 spiro atoms. The first-order chi connectivity index (χ1) is 8.36. The summed E-state index contributed by atoms with van der Waals surface area (Å²) < 4.78 is 22.2. The highest BCUT2D eigenvalue weighted by atomic mass is 32.2. The van der Waals surface area contributed by atoms with Gasteiger partial charge >= 0.3 is 0 Å². The van der Waals surface area contributed by atoms with Crippen molar-refractivity contribution in [3.05, 3.63) is 24.3 Å². The Morgan fingerprint density at radius 3 is 2.33 bits per heavy atom. The lowest BCUT2D eigenvalue weighted by molar-refractivity contribution is 0.0465. The van der Waals surface area contributed by atoms with Crippen molar-refractivity contribution < 1.29 is 13.5 Å². The number of nitrogens with zero attached hydrogens (tertiary/aromatic N) is 1. The zero-order valence-electron chi connectivity index (χ0n) is 10.3. The number of rotatable bonds is 4. The first kappa shape index (κ1) is 13.3. The highest BCUT2D eigenvalue weighted by Crippen LogP contribution is 2.29. The van der Waals surface area contributed by atoms with Crippen LogP contribution >= 0.6 is 0 Å². The molecular weight excluding hydrogens is 252 g/mol. The van der Waals surface area contributed by atoms with E-state index >= 15 is 0 Å². The molecule has 0 saturated heterocycles. The molecule has 0 aliphatic heterocycles. The summed E-state index contributed by atoms with van der Waals surface area (Å²) in [5.74, 6) is 0.517. The van der Waals surface area contributed by atoms with E-state index in [1.165, 1.54) is 12.1 Å². The molecule has 0 amide bonds. The van der Waals surface area contributed by atoms with Crippen LogP contribution in [0.4, 0.5) is 5.69 Å². The average molecular weight is 270 g/mol. The third kappa shape index (κ3) is 3.01. The molecule has 1 aromatic carbocycles. The molecule has 0 heterocycles. The summed E-state index contributed by atoms with van der Waals surface area (Å²) in [6.07, 6.45) is 1.55. The number of nitrogens with two attached hydrogens (primary N) is 1. The first-order valence-corrected chi connectivity index (χ1v) is 7.43. The SMILES string of the molecule is CN(CC1CC(O)C1)c1ccc(S(N)(=O)=O)cc1. The summed E-state index contributed by atoms with van der Waals surface area (Å²) >= 11 is 0. The summed E-state index contributed by atoms with van der Waals surface area (Å²) in [7, 11) is -1.67. The van der Waals surface area contributed by atoms with E-state index in [0.29, 0.717) is 5.92 Å².